The molecule has 5 nitrogen and oxygen atoms in total. The molecule has 3 rings (SSSR count). The van der Waals surface area contributed by atoms with Crippen LogP contribution in [0.4, 0.5) is 11.4 Å². The Hall–Kier alpha value is -3.47. The lowest BCUT2D eigenvalue weighted by atomic mass is 9.88. The standard InChI is InChI=1S/C21H19N3O2/c1-16(22-23-19-12-14-20(15-13-19)24(25)26)21(17-8-4-2-5-9-17)18-10-6-3-7-11-18/h2-15,21,23H,1H3/b22-16+. The van der Waals surface area contributed by atoms with Gasteiger partial charge >= 0.3 is 0 Å². The second-order valence-corrected chi connectivity index (χ2v) is 5.92. The fourth-order valence-electron chi connectivity index (χ4n) is 2.84. The van der Waals surface area contributed by atoms with Gasteiger partial charge in [0.2, 0.25) is 0 Å². The van der Waals surface area contributed by atoms with Crippen molar-refractivity contribution in [1.29, 1.82) is 0 Å². The Bertz CT molecular complexity index is 852. The summed E-state index contributed by atoms with van der Waals surface area (Å²) in [5, 5.41) is 15.3. The lowest BCUT2D eigenvalue weighted by Crippen LogP contribution is -2.12. The maximum atomic E-state index is 10.7. The zero-order chi connectivity index (χ0) is 18.4. The first kappa shape index (κ1) is 17.4. The van der Waals surface area contributed by atoms with Gasteiger partial charge in [0, 0.05) is 23.8 Å². The van der Waals surface area contributed by atoms with Crippen LogP contribution in [0, 0.1) is 10.1 Å². The van der Waals surface area contributed by atoms with Gasteiger partial charge in [-0.2, -0.15) is 5.10 Å². The van der Waals surface area contributed by atoms with Gasteiger partial charge in [0.05, 0.1) is 10.6 Å². The first-order chi connectivity index (χ1) is 12.6. The minimum Gasteiger partial charge on any atom is -0.279 e. The smallest absolute Gasteiger partial charge is 0.269 e. The van der Waals surface area contributed by atoms with Gasteiger partial charge in [0.1, 0.15) is 0 Å². The van der Waals surface area contributed by atoms with E-state index < -0.39 is 4.92 Å². The molecule has 3 aromatic carbocycles. The highest BCUT2D eigenvalue weighted by molar-refractivity contribution is 5.92. The van der Waals surface area contributed by atoms with Crippen LogP contribution in [0.15, 0.2) is 90.0 Å². The van der Waals surface area contributed by atoms with Crippen molar-refractivity contribution in [1.82, 2.24) is 0 Å². The van der Waals surface area contributed by atoms with Crippen LogP contribution in [0.5, 0.6) is 0 Å². The number of nitrogens with one attached hydrogen (secondary N) is 1. The lowest BCUT2D eigenvalue weighted by molar-refractivity contribution is -0.384. The third kappa shape index (κ3) is 4.13. The summed E-state index contributed by atoms with van der Waals surface area (Å²) < 4.78 is 0. The van der Waals surface area contributed by atoms with E-state index in [1.807, 2.05) is 43.3 Å². The Labute approximate surface area is 152 Å². The maximum Gasteiger partial charge on any atom is 0.269 e. The molecule has 0 atom stereocenters. The van der Waals surface area contributed by atoms with Crippen LogP contribution in [0.2, 0.25) is 0 Å². The van der Waals surface area contributed by atoms with Crippen molar-refractivity contribution in [3.05, 3.63) is 106 Å². The topological polar surface area (TPSA) is 67.5 Å². The molecule has 0 aliphatic rings. The molecular formula is C21H19N3O2. The van der Waals surface area contributed by atoms with E-state index in [-0.39, 0.29) is 11.6 Å². The molecule has 0 fully saturated rings. The molecule has 0 aromatic heterocycles. The molecule has 0 aliphatic heterocycles. The number of hydrazone groups is 1. The normalized spacial score (nSPS) is 11.4. The molecule has 0 saturated heterocycles. The fraction of sp³-hybridized carbons (Fsp3) is 0.0952. The van der Waals surface area contributed by atoms with Crippen LogP contribution in [0.3, 0.4) is 0 Å². The molecule has 0 radical (unpaired) electrons. The van der Waals surface area contributed by atoms with E-state index in [1.54, 1.807) is 12.1 Å². The average Bonchev–Trinajstić information content (AvgIpc) is 2.68. The summed E-state index contributed by atoms with van der Waals surface area (Å²) in [4.78, 5) is 10.3. The van der Waals surface area contributed by atoms with Crippen molar-refractivity contribution >= 4 is 17.1 Å². The predicted molar refractivity (Wildman–Crippen MR) is 105 cm³/mol. The van der Waals surface area contributed by atoms with Crippen LogP contribution in [-0.4, -0.2) is 10.6 Å². The quantitative estimate of drug-likeness (QED) is 0.378. The zero-order valence-electron chi connectivity index (χ0n) is 14.4. The van der Waals surface area contributed by atoms with E-state index in [1.165, 1.54) is 12.1 Å². The molecule has 5 heteroatoms. The van der Waals surface area contributed by atoms with Crippen LogP contribution in [0.25, 0.3) is 0 Å². The number of benzene rings is 3. The molecule has 26 heavy (non-hydrogen) atoms. The van der Waals surface area contributed by atoms with Gasteiger partial charge in [-0.3, -0.25) is 15.5 Å². The van der Waals surface area contributed by atoms with E-state index in [0.29, 0.717) is 5.69 Å². The number of hydrogen-bond acceptors (Lipinski definition) is 4. The maximum absolute atomic E-state index is 10.7. The van der Waals surface area contributed by atoms with Crippen molar-refractivity contribution in [3.63, 3.8) is 0 Å². The van der Waals surface area contributed by atoms with Gasteiger partial charge in [-0.1, -0.05) is 60.7 Å². The van der Waals surface area contributed by atoms with Crippen molar-refractivity contribution in [2.24, 2.45) is 5.10 Å². The molecule has 130 valence electrons. The summed E-state index contributed by atoms with van der Waals surface area (Å²) in [6.45, 7) is 1.98. The lowest BCUT2D eigenvalue weighted by Gasteiger charge is -2.18. The molecule has 0 spiro atoms. The van der Waals surface area contributed by atoms with Crippen molar-refractivity contribution in [2.45, 2.75) is 12.8 Å². The number of hydrogen-bond donors (Lipinski definition) is 1. The fourth-order valence-corrected chi connectivity index (χ4v) is 2.84. The Kier molecular flexibility index (Phi) is 5.39. The summed E-state index contributed by atoms with van der Waals surface area (Å²) in [6, 6.07) is 26.6. The van der Waals surface area contributed by atoms with Crippen molar-refractivity contribution < 1.29 is 4.92 Å². The summed E-state index contributed by atoms with van der Waals surface area (Å²) in [5.74, 6) is 0.0305. The zero-order valence-corrected chi connectivity index (χ0v) is 14.4. The van der Waals surface area contributed by atoms with Gasteiger partial charge in [0.25, 0.3) is 5.69 Å². The summed E-state index contributed by atoms with van der Waals surface area (Å²) in [7, 11) is 0. The first-order valence-electron chi connectivity index (χ1n) is 8.29. The molecule has 0 aliphatic carbocycles. The van der Waals surface area contributed by atoms with E-state index in [0.717, 1.165) is 16.8 Å². The van der Waals surface area contributed by atoms with Crippen molar-refractivity contribution in [2.75, 3.05) is 5.43 Å². The molecule has 0 unspecified atom stereocenters. The van der Waals surface area contributed by atoms with Gasteiger partial charge in [-0.15, -0.1) is 0 Å². The van der Waals surface area contributed by atoms with E-state index in [4.69, 9.17) is 0 Å². The van der Waals surface area contributed by atoms with Crippen LogP contribution >= 0.6 is 0 Å². The number of rotatable bonds is 6. The molecule has 0 amide bonds. The molecule has 1 N–H and O–H groups in total. The van der Waals surface area contributed by atoms with E-state index in [2.05, 4.69) is 34.8 Å². The minimum absolute atomic E-state index is 0.0305. The number of nitrogens with zero attached hydrogens (tertiary/aromatic N) is 2. The van der Waals surface area contributed by atoms with Gasteiger partial charge in [-0.05, 0) is 30.2 Å². The number of nitro groups is 1. The van der Waals surface area contributed by atoms with Gasteiger partial charge < -0.3 is 0 Å². The third-order valence-electron chi connectivity index (χ3n) is 4.12. The highest BCUT2D eigenvalue weighted by Gasteiger charge is 2.17. The Morgan fingerprint density at radius 1 is 0.885 bits per heavy atom. The Morgan fingerprint density at radius 2 is 1.38 bits per heavy atom. The minimum atomic E-state index is -0.418. The van der Waals surface area contributed by atoms with Crippen molar-refractivity contribution in [3.8, 4) is 0 Å². The van der Waals surface area contributed by atoms with Gasteiger partial charge in [0.15, 0.2) is 0 Å². The SMILES string of the molecule is C/C(=N\Nc1ccc([N+](=O)[O-])cc1)C(c1ccccc1)c1ccccc1. The second-order valence-electron chi connectivity index (χ2n) is 5.92. The Morgan fingerprint density at radius 3 is 1.85 bits per heavy atom. The molecule has 0 heterocycles. The average molecular weight is 345 g/mol. The highest BCUT2D eigenvalue weighted by atomic mass is 16.6. The molecular weight excluding hydrogens is 326 g/mol. The molecule has 0 bridgehead atoms. The second kappa shape index (κ2) is 8.07. The number of non-ortho nitro benzene ring substituents is 1. The molecule has 3 aromatic rings. The highest BCUT2D eigenvalue weighted by Crippen LogP contribution is 2.26. The summed E-state index contributed by atoms with van der Waals surface area (Å²) in [6.07, 6.45) is 0. The Balaban J connectivity index is 1.86. The van der Waals surface area contributed by atoms with E-state index >= 15 is 0 Å². The van der Waals surface area contributed by atoms with Crippen LogP contribution in [0.1, 0.15) is 24.0 Å². The van der Waals surface area contributed by atoms with Gasteiger partial charge in [-0.25, -0.2) is 0 Å². The third-order valence-corrected chi connectivity index (χ3v) is 4.12. The number of nitro benzene ring substituents is 1. The first-order valence-corrected chi connectivity index (χ1v) is 8.29. The summed E-state index contributed by atoms with van der Waals surface area (Å²) >= 11 is 0. The van der Waals surface area contributed by atoms with Crippen LogP contribution < -0.4 is 5.43 Å². The van der Waals surface area contributed by atoms with Crippen LogP contribution in [-0.2, 0) is 0 Å². The predicted octanol–water partition coefficient (Wildman–Crippen LogP) is 5.21. The van der Waals surface area contributed by atoms with E-state index in [9.17, 15) is 10.1 Å². The summed E-state index contributed by atoms with van der Waals surface area (Å²) in [5.41, 5.74) is 6.98. The molecule has 0 saturated carbocycles. The largest absolute Gasteiger partial charge is 0.279 e. The number of anilines is 1. The monoisotopic (exact) mass is 345 g/mol.